The summed E-state index contributed by atoms with van der Waals surface area (Å²) in [5, 5.41) is 8.08. The zero-order valence-electron chi connectivity index (χ0n) is 28.0. The van der Waals surface area contributed by atoms with Crippen LogP contribution in [0, 0.1) is 17.3 Å². The number of nitrogens with two attached hydrogens (primary N) is 1. The highest BCUT2D eigenvalue weighted by Crippen LogP contribution is 2.33. The molecular formula is C33H52N6O6. The van der Waals surface area contributed by atoms with Crippen molar-refractivity contribution in [3.63, 3.8) is 0 Å². The number of urea groups is 1. The fourth-order valence-electron chi connectivity index (χ4n) is 5.02. The summed E-state index contributed by atoms with van der Waals surface area (Å²) < 4.78 is 0. The Bertz CT molecular complexity index is 1210. The van der Waals surface area contributed by atoms with Crippen LogP contribution in [0.15, 0.2) is 24.3 Å². The fourth-order valence-corrected chi connectivity index (χ4v) is 5.02. The number of benzene rings is 1. The number of carbonyl (C=O) groups excluding carboxylic acids is 6. The van der Waals surface area contributed by atoms with Gasteiger partial charge in [0.1, 0.15) is 6.29 Å². The summed E-state index contributed by atoms with van der Waals surface area (Å²) in [6, 6.07) is 4.49. The van der Waals surface area contributed by atoms with E-state index in [4.69, 9.17) is 5.73 Å². The molecule has 12 heteroatoms. The molecule has 2 aliphatic rings. The first-order chi connectivity index (χ1) is 21.0. The van der Waals surface area contributed by atoms with Gasteiger partial charge in [-0.3, -0.25) is 24.1 Å². The van der Waals surface area contributed by atoms with Gasteiger partial charge in [0, 0.05) is 25.3 Å². The summed E-state index contributed by atoms with van der Waals surface area (Å²) in [7, 11) is 5.75. The van der Waals surface area contributed by atoms with Gasteiger partial charge in [0.15, 0.2) is 5.78 Å². The Labute approximate surface area is 267 Å². The fraction of sp³-hybridized carbons (Fsp3) is 0.636. The Hall–Kier alpha value is -3.80. The van der Waals surface area contributed by atoms with Gasteiger partial charge in [0.25, 0.3) is 5.91 Å². The van der Waals surface area contributed by atoms with Gasteiger partial charge in [0.05, 0.1) is 24.2 Å². The number of Topliss-reactive ketones (excluding diaryl/α,β-unsaturated/α-hetero) is 2. The van der Waals surface area contributed by atoms with E-state index in [0.29, 0.717) is 24.2 Å². The van der Waals surface area contributed by atoms with Crippen LogP contribution in [0.2, 0.25) is 0 Å². The normalized spacial score (nSPS) is 18.5. The molecule has 1 aromatic carbocycles. The number of amides is 4. The van der Waals surface area contributed by atoms with Gasteiger partial charge >= 0.3 is 6.03 Å². The van der Waals surface area contributed by atoms with Crippen molar-refractivity contribution in [3.05, 3.63) is 29.8 Å². The van der Waals surface area contributed by atoms with E-state index in [1.54, 1.807) is 12.1 Å². The molecule has 1 aliphatic carbocycles. The predicted molar refractivity (Wildman–Crippen MR) is 174 cm³/mol. The van der Waals surface area contributed by atoms with Crippen LogP contribution in [0.3, 0.4) is 0 Å². The SMILES string of the molecule is CC(C)C(NC(=O)NC(C=O)C(C)(C)C)C(=O)c1ccc(N(C)C)cc1.CN1CCCC1C(=O)NC(CC1CC1)C(=O)C(N)=O. The number of anilines is 1. The molecule has 1 saturated heterocycles. The Kier molecular flexibility index (Phi) is 13.7. The summed E-state index contributed by atoms with van der Waals surface area (Å²) in [5.74, 6) is -1.62. The van der Waals surface area contributed by atoms with Gasteiger partial charge in [-0.1, -0.05) is 47.5 Å². The van der Waals surface area contributed by atoms with Crippen LogP contribution in [0.5, 0.6) is 0 Å². The van der Waals surface area contributed by atoms with Crippen LogP contribution in [0.1, 0.15) is 77.1 Å². The molecule has 1 aliphatic heterocycles. The van der Waals surface area contributed by atoms with Crippen molar-refractivity contribution >= 4 is 41.4 Å². The van der Waals surface area contributed by atoms with E-state index in [1.165, 1.54) is 0 Å². The maximum Gasteiger partial charge on any atom is 0.315 e. The number of primary amides is 1. The van der Waals surface area contributed by atoms with E-state index < -0.39 is 41.3 Å². The van der Waals surface area contributed by atoms with Crippen LogP contribution < -0.4 is 26.6 Å². The van der Waals surface area contributed by atoms with Crippen molar-refractivity contribution in [1.82, 2.24) is 20.9 Å². The highest BCUT2D eigenvalue weighted by Gasteiger charge is 2.35. The Morgan fingerprint density at radius 2 is 1.60 bits per heavy atom. The van der Waals surface area contributed by atoms with Gasteiger partial charge in [-0.15, -0.1) is 0 Å². The minimum absolute atomic E-state index is 0.0916. The van der Waals surface area contributed by atoms with Crippen LogP contribution >= 0.6 is 0 Å². The molecule has 4 atom stereocenters. The molecule has 0 bridgehead atoms. The highest BCUT2D eigenvalue weighted by molar-refractivity contribution is 6.37. The molecule has 45 heavy (non-hydrogen) atoms. The van der Waals surface area contributed by atoms with Crippen LogP contribution in [-0.2, 0) is 19.2 Å². The van der Waals surface area contributed by atoms with Crippen molar-refractivity contribution in [1.29, 1.82) is 0 Å². The topological polar surface area (TPSA) is 171 Å². The number of likely N-dealkylation sites (N-methyl/N-ethyl adjacent to an activating group) is 1. The molecule has 0 radical (unpaired) electrons. The summed E-state index contributed by atoms with van der Waals surface area (Å²) in [6.07, 6.45) is 5.13. The first-order valence-electron chi connectivity index (χ1n) is 15.6. The average Bonchev–Trinajstić information content (AvgIpc) is 3.68. The zero-order valence-corrected chi connectivity index (χ0v) is 28.0. The van der Waals surface area contributed by atoms with E-state index in [-0.39, 0.29) is 23.7 Å². The van der Waals surface area contributed by atoms with E-state index in [9.17, 15) is 28.8 Å². The maximum atomic E-state index is 12.8. The summed E-state index contributed by atoms with van der Waals surface area (Å²) in [6.45, 7) is 10.2. The molecule has 1 aromatic rings. The number of aldehydes is 1. The number of nitrogens with one attached hydrogen (secondary N) is 3. The second kappa shape index (κ2) is 16.5. The Morgan fingerprint density at radius 3 is 2.02 bits per heavy atom. The predicted octanol–water partition coefficient (Wildman–Crippen LogP) is 2.29. The number of carbonyl (C=O) groups is 6. The lowest BCUT2D eigenvalue weighted by Crippen LogP contribution is -2.54. The van der Waals surface area contributed by atoms with Crippen LogP contribution in [-0.4, -0.2) is 92.5 Å². The standard InChI is InChI=1S/C20H31N3O3.C13H21N3O3/c1-13(2)17(22-19(26)21-16(12-24)20(3,4)5)18(25)14-8-10-15(11-9-14)23(6)7;1-16-6-2-3-10(16)13(19)15-9(7-8-4-5-8)11(17)12(14)18/h8-13,16-17H,1-7H3,(H2,21,22,26);8-10H,2-7H2,1H3,(H2,14,18)(H,15,19). The van der Waals surface area contributed by atoms with Crippen LogP contribution in [0.4, 0.5) is 10.5 Å². The summed E-state index contributed by atoms with van der Waals surface area (Å²) in [4.78, 5) is 75.2. The number of likely N-dealkylation sites (tertiary alicyclic amines) is 1. The molecule has 0 aromatic heterocycles. The molecule has 5 N–H and O–H groups in total. The van der Waals surface area contributed by atoms with Crippen molar-refractivity contribution in [2.75, 3.05) is 32.6 Å². The minimum atomic E-state index is -0.967. The molecule has 1 saturated carbocycles. The summed E-state index contributed by atoms with van der Waals surface area (Å²) >= 11 is 0. The molecule has 250 valence electrons. The van der Waals surface area contributed by atoms with Gasteiger partial charge in [-0.05, 0) is 74.4 Å². The van der Waals surface area contributed by atoms with Gasteiger partial charge in [-0.25, -0.2) is 4.79 Å². The van der Waals surface area contributed by atoms with Gasteiger partial charge < -0.3 is 31.4 Å². The van der Waals surface area contributed by atoms with Crippen molar-refractivity contribution in [2.45, 2.75) is 90.9 Å². The molecule has 0 spiro atoms. The molecule has 1 heterocycles. The third-order valence-electron chi connectivity index (χ3n) is 8.22. The number of ketones is 2. The minimum Gasteiger partial charge on any atom is -0.378 e. The number of hydrogen-bond donors (Lipinski definition) is 4. The van der Waals surface area contributed by atoms with Crippen molar-refractivity contribution in [2.24, 2.45) is 23.0 Å². The van der Waals surface area contributed by atoms with Gasteiger partial charge in [-0.2, -0.15) is 0 Å². The maximum absolute atomic E-state index is 12.8. The van der Waals surface area contributed by atoms with Gasteiger partial charge in [0.2, 0.25) is 11.7 Å². The number of rotatable bonds is 13. The lowest BCUT2D eigenvalue weighted by molar-refractivity contribution is -0.139. The number of hydrogen-bond acceptors (Lipinski definition) is 8. The lowest BCUT2D eigenvalue weighted by Gasteiger charge is -2.28. The third-order valence-corrected chi connectivity index (χ3v) is 8.22. The van der Waals surface area contributed by atoms with Crippen molar-refractivity contribution < 1.29 is 28.8 Å². The first-order valence-corrected chi connectivity index (χ1v) is 15.6. The molecular weight excluding hydrogens is 576 g/mol. The monoisotopic (exact) mass is 628 g/mol. The smallest absolute Gasteiger partial charge is 0.315 e. The van der Waals surface area contributed by atoms with E-state index in [1.807, 2.05) is 77.7 Å². The quantitative estimate of drug-likeness (QED) is 0.146. The number of nitrogens with zero attached hydrogens (tertiary/aromatic N) is 2. The Morgan fingerprint density at radius 1 is 1.00 bits per heavy atom. The molecule has 3 rings (SSSR count). The largest absolute Gasteiger partial charge is 0.378 e. The first kappa shape index (κ1) is 37.4. The molecule has 2 fully saturated rings. The Balaban J connectivity index is 0.000000328. The van der Waals surface area contributed by atoms with E-state index >= 15 is 0 Å². The summed E-state index contributed by atoms with van der Waals surface area (Å²) in [5.41, 5.74) is 6.17. The lowest BCUT2D eigenvalue weighted by atomic mass is 9.88. The third kappa shape index (κ3) is 11.6. The second-order valence-electron chi connectivity index (χ2n) is 13.7. The highest BCUT2D eigenvalue weighted by atomic mass is 16.2. The van der Waals surface area contributed by atoms with E-state index in [0.717, 1.165) is 37.9 Å². The van der Waals surface area contributed by atoms with Crippen LogP contribution in [0.25, 0.3) is 0 Å². The molecule has 12 nitrogen and oxygen atoms in total. The zero-order chi connectivity index (χ0) is 34.1. The molecule has 4 unspecified atom stereocenters. The van der Waals surface area contributed by atoms with Crippen molar-refractivity contribution in [3.8, 4) is 0 Å². The molecule has 4 amide bonds. The van der Waals surface area contributed by atoms with E-state index in [2.05, 4.69) is 16.0 Å². The average molecular weight is 629 g/mol. The second-order valence-corrected chi connectivity index (χ2v) is 13.7.